The molecule has 0 aliphatic rings. The van der Waals surface area contributed by atoms with Gasteiger partial charge in [-0.1, -0.05) is 29.3 Å². The van der Waals surface area contributed by atoms with Gasteiger partial charge in [-0.15, -0.1) is 12.4 Å². The van der Waals surface area contributed by atoms with Gasteiger partial charge in [0.05, 0.1) is 0 Å². The number of rotatable bonds is 1. The summed E-state index contributed by atoms with van der Waals surface area (Å²) in [6.07, 6.45) is -4.37. The van der Waals surface area contributed by atoms with Crippen molar-refractivity contribution in [2.75, 3.05) is 0 Å². The fourth-order valence-corrected chi connectivity index (χ4v) is 1.38. The third kappa shape index (κ3) is 3.72. The minimum atomic E-state index is -4.37. The summed E-state index contributed by atoms with van der Waals surface area (Å²) < 4.78 is 36.8. The van der Waals surface area contributed by atoms with Crippen molar-refractivity contribution >= 4 is 12.4 Å². The van der Waals surface area contributed by atoms with Gasteiger partial charge in [-0.3, -0.25) is 0 Å². The second kappa shape index (κ2) is 4.86. The molecule has 1 rings (SSSR count). The second-order valence-electron chi connectivity index (χ2n) is 3.44. The summed E-state index contributed by atoms with van der Waals surface area (Å²) in [5.41, 5.74) is 6.79. The van der Waals surface area contributed by atoms with Crippen molar-refractivity contribution in [3.8, 4) is 0 Å². The van der Waals surface area contributed by atoms with Gasteiger partial charge in [0.15, 0.2) is 0 Å². The third-order valence-electron chi connectivity index (χ3n) is 1.96. The zero-order valence-electron chi connectivity index (χ0n) is 8.43. The topological polar surface area (TPSA) is 26.0 Å². The van der Waals surface area contributed by atoms with Crippen molar-refractivity contribution in [3.05, 3.63) is 34.9 Å². The number of nitrogens with two attached hydrogens (primary N) is 1. The quantitative estimate of drug-likeness (QED) is 0.800. The van der Waals surface area contributed by atoms with Crippen LogP contribution in [0.25, 0.3) is 0 Å². The summed E-state index contributed by atoms with van der Waals surface area (Å²) in [5, 5.41) is 0. The zero-order valence-corrected chi connectivity index (χ0v) is 9.25. The summed E-state index contributed by atoms with van der Waals surface area (Å²) in [5.74, 6) is 0. The van der Waals surface area contributed by atoms with Crippen molar-refractivity contribution in [1.82, 2.24) is 0 Å². The molecule has 86 valence electrons. The average Bonchev–Trinajstić information content (AvgIpc) is 1.99. The molecule has 0 amide bonds. The van der Waals surface area contributed by atoms with Crippen molar-refractivity contribution in [1.29, 1.82) is 0 Å². The molecule has 0 aromatic heterocycles. The maximum atomic E-state index is 12.3. The molecule has 5 heteroatoms. The summed E-state index contributed by atoms with van der Waals surface area (Å²) >= 11 is 0. The van der Waals surface area contributed by atoms with E-state index in [4.69, 9.17) is 5.73 Å². The van der Waals surface area contributed by atoms with E-state index in [0.29, 0.717) is 0 Å². The van der Waals surface area contributed by atoms with Gasteiger partial charge >= 0.3 is 6.18 Å². The fourth-order valence-electron chi connectivity index (χ4n) is 1.38. The van der Waals surface area contributed by atoms with Crippen LogP contribution in [-0.4, -0.2) is 6.18 Å². The Morgan fingerprint density at radius 2 is 1.47 bits per heavy atom. The SMILES string of the molecule is Cc1cc(C)cc(C(N)C(F)(F)F)c1.Cl. The van der Waals surface area contributed by atoms with Crippen LogP contribution in [0.2, 0.25) is 0 Å². The molecule has 15 heavy (non-hydrogen) atoms. The number of halogens is 4. The van der Waals surface area contributed by atoms with Crippen LogP contribution in [0.15, 0.2) is 18.2 Å². The van der Waals surface area contributed by atoms with Gasteiger partial charge in [-0.05, 0) is 19.4 Å². The van der Waals surface area contributed by atoms with Crippen molar-refractivity contribution < 1.29 is 13.2 Å². The maximum Gasteiger partial charge on any atom is 0.407 e. The van der Waals surface area contributed by atoms with Crippen LogP contribution >= 0.6 is 12.4 Å². The highest BCUT2D eigenvalue weighted by Crippen LogP contribution is 2.31. The first kappa shape index (κ1) is 14.3. The van der Waals surface area contributed by atoms with E-state index in [0.717, 1.165) is 11.1 Å². The maximum absolute atomic E-state index is 12.3. The first-order valence-electron chi connectivity index (χ1n) is 4.21. The Bertz CT molecular complexity index is 316. The molecule has 0 fully saturated rings. The van der Waals surface area contributed by atoms with E-state index < -0.39 is 12.2 Å². The Labute approximate surface area is 92.9 Å². The Hall–Kier alpha value is -0.740. The van der Waals surface area contributed by atoms with Gasteiger partial charge < -0.3 is 5.73 Å². The normalized spacial score (nSPS) is 13.2. The minimum absolute atomic E-state index is 0. The standard InChI is InChI=1S/C10H12F3N.ClH/c1-6-3-7(2)5-8(4-6)9(14)10(11,12)13;/h3-5,9H,14H2,1-2H3;1H. The molecule has 0 saturated carbocycles. The molecule has 1 unspecified atom stereocenters. The van der Waals surface area contributed by atoms with Crippen LogP contribution in [0.5, 0.6) is 0 Å². The van der Waals surface area contributed by atoms with E-state index in [1.54, 1.807) is 13.8 Å². The van der Waals surface area contributed by atoms with E-state index in [9.17, 15) is 13.2 Å². The van der Waals surface area contributed by atoms with Gasteiger partial charge in [0.1, 0.15) is 6.04 Å². The van der Waals surface area contributed by atoms with Crippen LogP contribution in [0.4, 0.5) is 13.2 Å². The van der Waals surface area contributed by atoms with Crippen molar-refractivity contribution in [2.45, 2.75) is 26.1 Å². The summed E-state index contributed by atoms with van der Waals surface area (Å²) in [7, 11) is 0. The highest BCUT2D eigenvalue weighted by Gasteiger charge is 2.37. The van der Waals surface area contributed by atoms with Gasteiger partial charge in [0.25, 0.3) is 0 Å². The Morgan fingerprint density at radius 3 is 1.80 bits per heavy atom. The van der Waals surface area contributed by atoms with Gasteiger partial charge in [-0.25, -0.2) is 0 Å². The van der Waals surface area contributed by atoms with Crippen LogP contribution < -0.4 is 5.73 Å². The lowest BCUT2D eigenvalue weighted by atomic mass is 10.0. The molecule has 0 spiro atoms. The first-order valence-corrected chi connectivity index (χ1v) is 4.21. The highest BCUT2D eigenvalue weighted by atomic mass is 35.5. The molecular weight excluding hydrogens is 227 g/mol. The molecule has 1 atom stereocenters. The molecule has 2 N–H and O–H groups in total. The summed E-state index contributed by atoms with van der Waals surface area (Å²) in [4.78, 5) is 0. The first-order chi connectivity index (χ1) is 6.30. The van der Waals surface area contributed by atoms with Crippen molar-refractivity contribution in [2.24, 2.45) is 5.73 Å². The van der Waals surface area contributed by atoms with E-state index in [2.05, 4.69) is 0 Å². The molecule has 0 bridgehead atoms. The summed E-state index contributed by atoms with van der Waals surface area (Å²) in [6.45, 7) is 3.50. The van der Waals surface area contributed by atoms with E-state index in [1.807, 2.05) is 6.07 Å². The molecule has 0 aliphatic carbocycles. The molecular formula is C10H13ClF3N. The Kier molecular flexibility index (Phi) is 4.62. The molecule has 0 saturated heterocycles. The fraction of sp³-hybridized carbons (Fsp3) is 0.400. The lowest BCUT2D eigenvalue weighted by molar-refractivity contribution is -0.149. The lowest BCUT2D eigenvalue weighted by Crippen LogP contribution is -2.28. The number of hydrogen-bond donors (Lipinski definition) is 1. The van der Waals surface area contributed by atoms with E-state index in [1.165, 1.54) is 12.1 Å². The van der Waals surface area contributed by atoms with Crippen LogP contribution in [0.1, 0.15) is 22.7 Å². The van der Waals surface area contributed by atoms with Gasteiger partial charge in [0.2, 0.25) is 0 Å². The molecule has 0 aliphatic heterocycles. The predicted molar refractivity (Wildman–Crippen MR) is 56.1 cm³/mol. The molecule has 1 aromatic carbocycles. The largest absolute Gasteiger partial charge is 0.407 e. The predicted octanol–water partition coefficient (Wildman–Crippen LogP) is 3.29. The highest BCUT2D eigenvalue weighted by molar-refractivity contribution is 5.85. The second-order valence-corrected chi connectivity index (χ2v) is 3.44. The van der Waals surface area contributed by atoms with E-state index >= 15 is 0 Å². The van der Waals surface area contributed by atoms with Crippen LogP contribution in [0, 0.1) is 13.8 Å². The number of hydrogen-bond acceptors (Lipinski definition) is 1. The smallest absolute Gasteiger partial charge is 0.316 e. The lowest BCUT2D eigenvalue weighted by Gasteiger charge is -2.16. The molecule has 0 radical (unpaired) electrons. The Balaban J connectivity index is 0.00000196. The number of aryl methyl sites for hydroxylation is 2. The third-order valence-corrected chi connectivity index (χ3v) is 1.96. The van der Waals surface area contributed by atoms with E-state index in [-0.39, 0.29) is 18.0 Å². The molecule has 0 heterocycles. The zero-order chi connectivity index (χ0) is 10.9. The number of benzene rings is 1. The van der Waals surface area contributed by atoms with Crippen LogP contribution in [-0.2, 0) is 0 Å². The molecule has 1 aromatic rings. The number of alkyl halides is 3. The molecule has 1 nitrogen and oxygen atoms in total. The summed E-state index contributed by atoms with van der Waals surface area (Å²) in [6, 6.07) is 2.85. The van der Waals surface area contributed by atoms with Crippen molar-refractivity contribution in [3.63, 3.8) is 0 Å². The Morgan fingerprint density at radius 1 is 1.07 bits per heavy atom. The van der Waals surface area contributed by atoms with Gasteiger partial charge in [0, 0.05) is 0 Å². The minimum Gasteiger partial charge on any atom is -0.316 e. The van der Waals surface area contributed by atoms with Gasteiger partial charge in [-0.2, -0.15) is 13.2 Å². The monoisotopic (exact) mass is 239 g/mol. The average molecular weight is 240 g/mol. The van der Waals surface area contributed by atoms with Crippen LogP contribution in [0.3, 0.4) is 0 Å².